The number of halogens is 1. The number of hydrogen-bond donors (Lipinski definition) is 1. The van der Waals surface area contributed by atoms with Gasteiger partial charge in [-0.05, 0) is 18.9 Å². The van der Waals surface area contributed by atoms with Crippen molar-refractivity contribution < 1.29 is 19.4 Å². The lowest BCUT2D eigenvalue weighted by Gasteiger charge is -2.13. The number of methoxy groups -OCH3 is 1. The van der Waals surface area contributed by atoms with E-state index in [1.165, 1.54) is 19.2 Å². The lowest BCUT2D eigenvalue weighted by molar-refractivity contribution is 0.0691. The maximum Gasteiger partial charge on any atom is 0.339 e. The first-order valence-corrected chi connectivity index (χ1v) is 6.08. The molecule has 6 heteroatoms. The van der Waals surface area contributed by atoms with E-state index in [0.717, 1.165) is 0 Å². The van der Waals surface area contributed by atoms with E-state index in [1.807, 2.05) is 6.07 Å². The molecule has 1 rings (SSSR count). The predicted octanol–water partition coefficient (Wildman–Crippen LogP) is 3.12. The van der Waals surface area contributed by atoms with Gasteiger partial charge in [-0.15, -0.1) is 0 Å². The van der Waals surface area contributed by atoms with Gasteiger partial charge in [0.05, 0.1) is 19.8 Å². The molecule has 0 saturated heterocycles. The summed E-state index contributed by atoms with van der Waals surface area (Å²) in [7, 11) is 1.42. The fourth-order valence-electron chi connectivity index (χ4n) is 1.51. The lowest BCUT2D eigenvalue weighted by Crippen LogP contribution is -2.06. The quantitative estimate of drug-likeness (QED) is 0.778. The van der Waals surface area contributed by atoms with Gasteiger partial charge in [-0.25, -0.2) is 4.79 Å². The third-order valence-electron chi connectivity index (χ3n) is 2.40. The second kappa shape index (κ2) is 7.49. The van der Waals surface area contributed by atoms with Gasteiger partial charge in [-0.2, -0.15) is 5.26 Å². The molecule has 1 aromatic rings. The number of benzene rings is 1. The van der Waals surface area contributed by atoms with Gasteiger partial charge < -0.3 is 14.6 Å². The van der Waals surface area contributed by atoms with Crippen molar-refractivity contribution in [3.8, 4) is 17.6 Å². The highest BCUT2D eigenvalue weighted by atomic mass is 35.5. The zero-order valence-corrected chi connectivity index (χ0v) is 11.2. The summed E-state index contributed by atoms with van der Waals surface area (Å²) in [6, 6.07) is 4.85. The van der Waals surface area contributed by atoms with Crippen molar-refractivity contribution in [2.75, 3.05) is 13.7 Å². The van der Waals surface area contributed by atoms with E-state index in [-0.39, 0.29) is 22.1 Å². The number of aromatic carboxylic acids is 1. The van der Waals surface area contributed by atoms with Crippen molar-refractivity contribution in [2.24, 2.45) is 0 Å². The Labute approximate surface area is 116 Å². The smallest absolute Gasteiger partial charge is 0.339 e. The maximum absolute atomic E-state index is 11.1. The molecule has 0 fully saturated rings. The Morgan fingerprint density at radius 3 is 2.79 bits per heavy atom. The van der Waals surface area contributed by atoms with E-state index in [9.17, 15) is 4.79 Å². The standard InChI is InChI=1S/C13H14ClNO4/c1-18-11-8-9(14)7-10(13(16)17)12(11)19-6-4-2-3-5-15/h7-8H,2-4,6H2,1H3,(H,16,17). The number of carboxylic acid groups (broad SMARTS) is 1. The summed E-state index contributed by atoms with van der Waals surface area (Å²) >= 11 is 5.81. The fourth-order valence-corrected chi connectivity index (χ4v) is 1.72. The van der Waals surface area contributed by atoms with Crippen molar-refractivity contribution in [1.29, 1.82) is 5.26 Å². The average molecular weight is 284 g/mol. The summed E-state index contributed by atoms with van der Waals surface area (Å²) in [5.74, 6) is -0.686. The van der Waals surface area contributed by atoms with Gasteiger partial charge in [0.15, 0.2) is 11.5 Å². The predicted molar refractivity (Wildman–Crippen MR) is 69.9 cm³/mol. The molecular formula is C13H14ClNO4. The van der Waals surface area contributed by atoms with Gasteiger partial charge in [-0.1, -0.05) is 11.6 Å². The first-order chi connectivity index (χ1) is 9.10. The SMILES string of the molecule is COc1cc(Cl)cc(C(=O)O)c1OCCCCC#N. The molecule has 5 nitrogen and oxygen atoms in total. The lowest BCUT2D eigenvalue weighted by atomic mass is 10.2. The Kier molecular flexibility index (Phi) is 5.97. The normalized spacial score (nSPS) is 9.74. The molecule has 1 aromatic carbocycles. The van der Waals surface area contributed by atoms with Crippen LogP contribution in [0.15, 0.2) is 12.1 Å². The topological polar surface area (TPSA) is 79.6 Å². The van der Waals surface area contributed by atoms with Crippen LogP contribution < -0.4 is 9.47 Å². The van der Waals surface area contributed by atoms with Crippen molar-refractivity contribution in [3.63, 3.8) is 0 Å². The molecule has 0 aromatic heterocycles. The molecule has 0 heterocycles. The number of unbranched alkanes of at least 4 members (excludes halogenated alkanes) is 2. The van der Waals surface area contributed by atoms with Crippen LogP contribution >= 0.6 is 11.6 Å². The number of hydrogen-bond acceptors (Lipinski definition) is 4. The first-order valence-electron chi connectivity index (χ1n) is 5.70. The zero-order valence-electron chi connectivity index (χ0n) is 10.5. The molecule has 0 spiro atoms. The minimum absolute atomic E-state index is 0.0374. The second-order valence-corrected chi connectivity index (χ2v) is 4.19. The summed E-state index contributed by atoms with van der Waals surface area (Å²) in [4.78, 5) is 11.1. The summed E-state index contributed by atoms with van der Waals surface area (Å²) < 4.78 is 10.5. The van der Waals surface area contributed by atoms with Crippen molar-refractivity contribution >= 4 is 17.6 Å². The van der Waals surface area contributed by atoms with E-state index in [2.05, 4.69) is 0 Å². The zero-order chi connectivity index (χ0) is 14.3. The van der Waals surface area contributed by atoms with E-state index >= 15 is 0 Å². The Hall–Kier alpha value is -1.93. The van der Waals surface area contributed by atoms with Crippen LogP contribution in [-0.2, 0) is 0 Å². The van der Waals surface area contributed by atoms with Crippen LogP contribution in [0.5, 0.6) is 11.5 Å². The van der Waals surface area contributed by atoms with E-state index < -0.39 is 5.97 Å². The van der Waals surface area contributed by atoms with Crippen molar-refractivity contribution in [1.82, 2.24) is 0 Å². The molecule has 0 aliphatic heterocycles. The molecule has 0 atom stereocenters. The summed E-state index contributed by atoms with van der Waals surface area (Å²) in [6.07, 6.45) is 1.82. The number of nitrogens with zero attached hydrogens (tertiary/aromatic N) is 1. The van der Waals surface area contributed by atoms with Crippen LogP contribution in [0, 0.1) is 11.3 Å². The van der Waals surface area contributed by atoms with Crippen LogP contribution in [0.2, 0.25) is 5.02 Å². The molecule has 0 bridgehead atoms. The third-order valence-corrected chi connectivity index (χ3v) is 2.62. The van der Waals surface area contributed by atoms with E-state index in [0.29, 0.717) is 25.9 Å². The minimum atomic E-state index is -1.13. The molecule has 0 aliphatic carbocycles. The summed E-state index contributed by atoms with van der Waals surface area (Å²) in [6.45, 7) is 0.319. The summed E-state index contributed by atoms with van der Waals surface area (Å²) in [5.41, 5.74) is -0.0374. The number of rotatable bonds is 7. The largest absolute Gasteiger partial charge is 0.493 e. The minimum Gasteiger partial charge on any atom is -0.493 e. The van der Waals surface area contributed by atoms with Crippen LogP contribution in [0.1, 0.15) is 29.6 Å². The Morgan fingerprint density at radius 2 is 2.21 bits per heavy atom. The highest BCUT2D eigenvalue weighted by Gasteiger charge is 2.18. The highest BCUT2D eigenvalue weighted by Crippen LogP contribution is 2.34. The molecule has 0 aliphatic rings. The molecule has 19 heavy (non-hydrogen) atoms. The Balaban J connectivity index is 2.85. The van der Waals surface area contributed by atoms with Crippen LogP contribution in [0.3, 0.4) is 0 Å². The monoisotopic (exact) mass is 283 g/mol. The fraction of sp³-hybridized carbons (Fsp3) is 0.385. The van der Waals surface area contributed by atoms with Crippen LogP contribution in [-0.4, -0.2) is 24.8 Å². The van der Waals surface area contributed by atoms with Crippen molar-refractivity contribution in [3.05, 3.63) is 22.7 Å². The third kappa shape index (κ3) is 4.34. The van der Waals surface area contributed by atoms with Gasteiger partial charge >= 0.3 is 5.97 Å². The Bertz CT molecular complexity index is 496. The second-order valence-electron chi connectivity index (χ2n) is 3.75. The Morgan fingerprint density at radius 1 is 1.47 bits per heavy atom. The van der Waals surface area contributed by atoms with Gasteiger partial charge in [0, 0.05) is 17.5 Å². The van der Waals surface area contributed by atoms with E-state index in [4.69, 9.17) is 31.4 Å². The summed E-state index contributed by atoms with van der Waals surface area (Å²) in [5, 5.41) is 17.8. The molecule has 0 unspecified atom stereocenters. The van der Waals surface area contributed by atoms with Crippen LogP contribution in [0.25, 0.3) is 0 Å². The van der Waals surface area contributed by atoms with E-state index in [1.54, 1.807) is 0 Å². The molecule has 102 valence electrons. The molecule has 0 amide bonds. The number of carbonyl (C=O) groups is 1. The van der Waals surface area contributed by atoms with Crippen LogP contribution in [0.4, 0.5) is 0 Å². The molecule has 0 saturated carbocycles. The van der Waals surface area contributed by atoms with Crippen molar-refractivity contribution in [2.45, 2.75) is 19.3 Å². The molecular weight excluding hydrogens is 270 g/mol. The first kappa shape index (κ1) is 15.1. The maximum atomic E-state index is 11.1. The van der Waals surface area contributed by atoms with Gasteiger partial charge in [-0.3, -0.25) is 0 Å². The number of carboxylic acids is 1. The number of nitriles is 1. The highest BCUT2D eigenvalue weighted by molar-refractivity contribution is 6.31. The molecule has 1 N–H and O–H groups in total. The van der Waals surface area contributed by atoms with Gasteiger partial charge in [0.2, 0.25) is 0 Å². The van der Waals surface area contributed by atoms with Gasteiger partial charge in [0.1, 0.15) is 5.56 Å². The molecule has 0 radical (unpaired) electrons. The average Bonchev–Trinajstić information content (AvgIpc) is 2.38. The van der Waals surface area contributed by atoms with Gasteiger partial charge in [0.25, 0.3) is 0 Å². The number of ether oxygens (including phenoxy) is 2.